The van der Waals surface area contributed by atoms with Gasteiger partial charge in [0, 0.05) is 30.1 Å². The smallest absolute Gasteiger partial charge is 0.193 e. The third-order valence-electron chi connectivity index (χ3n) is 4.39. The molecule has 0 saturated carbocycles. The molecule has 0 spiro atoms. The highest BCUT2D eigenvalue weighted by atomic mass is 16.3. The molecule has 2 heterocycles. The molecule has 0 atom stereocenters. The van der Waals surface area contributed by atoms with Crippen LogP contribution in [0.25, 0.3) is 11.0 Å². The van der Waals surface area contributed by atoms with Gasteiger partial charge in [-0.15, -0.1) is 0 Å². The molecule has 4 rings (SSSR count). The van der Waals surface area contributed by atoms with Gasteiger partial charge in [-0.25, -0.2) is 0 Å². The lowest BCUT2D eigenvalue weighted by molar-refractivity contribution is 0.539. The Kier molecular flexibility index (Phi) is 3.39. The van der Waals surface area contributed by atoms with Crippen molar-refractivity contribution in [3.05, 3.63) is 70.1 Å². The number of benzene rings is 2. The molecule has 4 nitrogen and oxygen atoms in total. The Morgan fingerprint density at radius 3 is 2.87 bits per heavy atom. The van der Waals surface area contributed by atoms with Crippen LogP contribution >= 0.6 is 0 Å². The van der Waals surface area contributed by atoms with E-state index in [4.69, 9.17) is 10.2 Å². The first kappa shape index (κ1) is 14.0. The van der Waals surface area contributed by atoms with E-state index >= 15 is 0 Å². The minimum absolute atomic E-state index is 0.0442. The van der Waals surface area contributed by atoms with Crippen LogP contribution in [-0.4, -0.2) is 6.54 Å². The van der Waals surface area contributed by atoms with E-state index in [9.17, 15) is 4.79 Å². The second-order valence-corrected chi connectivity index (χ2v) is 5.85. The number of nitrogens with two attached hydrogens (primary N) is 1. The monoisotopic (exact) mass is 306 g/mol. The van der Waals surface area contributed by atoms with E-state index in [0.29, 0.717) is 16.7 Å². The van der Waals surface area contributed by atoms with Crippen LogP contribution in [0.1, 0.15) is 17.7 Å². The SMILES string of the molecule is NCc1cc(=O)c2ccc(N3CCCc4ccccc43)cc2o1. The Morgan fingerprint density at radius 1 is 1.13 bits per heavy atom. The molecule has 1 aromatic heterocycles. The number of rotatable bonds is 2. The molecule has 0 radical (unpaired) electrons. The standard InChI is InChI=1S/C19H18N2O2/c20-12-15-11-18(22)16-8-7-14(10-19(16)23-15)21-9-3-5-13-4-1-2-6-17(13)21/h1-2,4,6-8,10-11H,3,5,9,12,20H2. The zero-order valence-corrected chi connectivity index (χ0v) is 12.8. The average Bonchev–Trinajstić information content (AvgIpc) is 2.60. The molecule has 0 aliphatic carbocycles. The summed E-state index contributed by atoms with van der Waals surface area (Å²) in [4.78, 5) is 14.4. The van der Waals surface area contributed by atoms with E-state index in [0.717, 1.165) is 25.1 Å². The summed E-state index contributed by atoms with van der Waals surface area (Å²) in [5.41, 5.74) is 9.80. The molecule has 2 aromatic carbocycles. The van der Waals surface area contributed by atoms with Gasteiger partial charge < -0.3 is 15.1 Å². The Bertz CT molecular complexity index is 930. The number of para-hydroxylation sites is 1. The second-order valence-electron chi connectivity index (χ2n) is 5.85. The van der Waals surface area contributed by atoms with E-state index in [-0.39, 0.29) is 12.0 Å². The average molecular weight is 306 g/mol. The highest BCUT2D eigenvalue weighted by molar-refractivity contribution is 5.82. The van der Waals surface area contributed by atoms with Crippen molar-refractivity contribution in [2.75, 3.05) is 11.4 Å². The Hall–Kier alpha value is -2.59. The highest BCUT2D eigenvalue weighted by Crippen LogP contribution is 2.34. The van der Waals surface area contributed by atoms with Gasteiger partial charge in [-0.2, -0.15) is 0 Å². The molecule has 0 amide bonds. The van der Waals surface area contributed by atoms with E-state index in [1.54, 1.807) is 0 Å². The summed E-state index contributed by atoms with van der Waals surface area (Å²) in [5, 5.41) is 0.594. The Labute approximate surface area is 134 Å². The fourth-order valence-corrected chi connectivity index (χ4v) is 3.26. The van der Waals surface area contributed by atoms with Crippen molar-refractivity contribution in [1.29, 1.82) is 0 Å². The predicted octanol–water partition coefficient (Wildman–Crippen LogP) is 3.34. The lowest BCUT2D eigenvalue weighted by Crippen LogP contribution is -2.24. The number of fused-ring (bicyclic) bond motifs is 2. The topological polar surface area (TPSA) is 59.5 Å². The van der Waals surface area contributed by atoms with Crippen molar-refractivity contribution in [3.63, 3.8) is 0 Å². The molecule has 1 aliphatic rings. The molecule has 0 unspecified atom stereocenters. The lowest BCUT2D eigenvalue weighted by Gasteiger charge is -2.31. The zero-order valence-electron chi connectivity index (χ0n) is 12.8. The highest BCUT2D eigenvalue weighted by Gasteiger charge is 2.18. The number of aryl methyl sites for hydroxylation is 1. The van der Waals surface area contributed by atoms with Crippen LogP contribution in [0.3, 0.4) is 0 Å². The molecular weight excluding hydrogens is 288 g/mol. The van der Waals surface area contributed by atoms with Crippen molar-refractivity contribution in [2.45, 2.75) is 19.4 Å². The summed E-state index contributed by atoms with van der Waals surface area (Å²) < 4.78 is 5.76. The van der Waals surface area contributed by atoms with Crippen LogP contribution in [-0.2, 0) is 13.0 Å². The fourth-order valence-electron chi connectivity index (χ4n) is 3.26. The summed E-state index contributed by atoms with van der Waals surface area (Å²) >= 11 is 0. The van der Waals surface area contributed by atoms with Crippen LogP contribution < -0.4 is 16.1 Å². The summed E-state index contributed by atoms with van der Waals surface area (Å²) in [5.74, 6) is 0.513. The molecule has 4 heteroatoms. The normalized spacial score (nSPS) is 14.0. The maximum atomic E-state index is 12.1. The zero-order chi connectivity index (χ0) is 15.8. The van der Waals surface area contributed by atoms with Gasteiger partial charge in [-0.1, -0.05) is 18.2 Å². The van der Waals surface area contributed by atoms with Crippen LogP contribution in [0.2, 0.25) is 0 Å². The van der Waals surface area contributed by atoms with Crippen molar-refractivity contribution in [2.24, 2.45) is 5.73 Å². The van der Waals surface area contributed by atoms with E-state index in [1.165, 1.54) is 17.3 Å². The largest absolute Gasteiger partial charge is 0.459 e. The summed E-state index contributed by atoms with van der Waals surface area (Å²) in [7, 11) is 0. The van der Waals surface area contributed by atoms with E-state index in [1.807, 2.05) is 18.2 Å². The molecule has 23 heavy (non-hydrogen) atoms. The van der Waals surface area contributed by atoms with Crippen molar-refractivity contribution < 1.29 is 4.42 Å². The van der Waals surface area contributed by atoms with Gasteiger partial charge in [0.15, 0.2) is 5.43 Å². The molecule has 0 saturated heterocycles. The number of nitrogens with zero attached hydrogens (tertiary/aromatic N) is 1. The lowest BCUT2D eigenvalue weighted by atomic mass is 10.0. The maximum absolute atomic E-state index is 12.1. The first-order chi connectivity index (χ1) is 11.3. The van der Waals surface area contributed by atoms with Gasteiger partial charge in [0.1, 0.15) is 11.3 Å². The molecule has 0 bridgehead atoms. The van der Waals surface area contributed by atoms with E-state index < -0.39 is 0 Å². The van der Waals surface area contributed by atoms with E-state index in [2.05, 4.69) is 29.2 Å². The minimum Gasteiger partial charge on any atom is -0.459 e. The minimum atomic E-state index is -0.0442. The van der Waals surface area contributed by atoms with Crippen LogP contribution in [0.4, 0.5) is 11.4 Å². The number of hydrogen-bond donors (Lipinski definition) is 1. The molecule has 116 valence electrons. The van der Waals surface area contributed by atoms with Crippen LogP contribution in [0.5, 0.6) is 0 Å². The summed E-state index contributed by atoms with van der Waals surface area (Å²) in [6.07, 6.45) is 2.22. The van der Waals surface area contributed by atoms with Gasteiger partial charge >= 0.3 is 0 Å². The third-order valence-corrected chi connectivity index (χ3v) is 4.39. The first-order valence-corrected chi connectivity index (χ1v) is 7.88. The van der Waals surface area contributed by atoms with Crippen molar-refractivity contribution in [1.82, 2.24) is 0 Å². The molecule has 1 aliphatic heterocycles. The quantitative estimate of drug-likeness (QED) is 0.789. The third kappa shape index (κ3) is 2.41. The van der Waals surface area contributed by atoms with Gasteiger partial charge in [0.2, 0.25) is 0 Å². The van der Waals surface area contributed by atoms with Gasteiger partial charge in [-0.3, -0.25) is 4.79 Å². The summed E-state index contributed by atoms with van der Waals surface area (Å²) in [6.45, 7) is 1.19. The second kappa shape index (κ2) is 5.56. The summed E-state index contributed by atoms with van der Waals surface area (Å²) in [6, 6.07) is 15.7. The number of hydrogen-bond acceptors (Lipinski definition) is 4. The van der Waals surface area contributed by atoms with Crippen molar-refractivity contribution in [3.8, 4) is 0 Å². The molecule has 0 fully saturated rings. The fraction of sp³-hybridized carbons (Fsp3) is 0.211. The molecule has 3 aromatic rings. The van der Waals surface area contributed by atoms with Gasteiger partial charge in [-0.05, 0) is 36.6 Å². The molecule has 2 N–H and O–H groups in total. The van der Waals surface area contributed by atoms with Crippen molar-refractivity contribution >= 4 is 22.3 Å². The van der Waals surface area contributed by atoms with Gasteiger partial charge in [0.05, 0.1) is 11.9 Å². The number of anilines is 2. The van der Waals surface area contributed by atoms with Crippen LogP contribution in [0, 0.1) is 0 Å². The van der Waals surface area contributed by atoms with Crippen LogP contribution in [0.15, 0.2) is 57.7 Å². The van der Waals surface area contributed by atoms with Gasteiger partial charge in [0.25, 0.3) is 0 Å². The Balaban J connectivity index is 1.86. The predicted molar refractivity (Wildman–Crippen MR) is 92.1 cm³/mol. The Morgan fingerprint density at radius 2 is 2.00 bits per heavy atom. The maximum Gasteiger partial charge on any atom is 0.193 e. The molecular formula is C19H18N2O2. The first-order valence-electron chi connectivity index (χ1n) is 7.88.